The van der Waals surface area contributed by atoms with Crippen LogP contribution in [0.2, 0.25) is 0 Å². The van der Waals surface area contributed by atoms with Gasteiger partial charge in [0.25, 0.3) is 0 Å². The number of hydrogen-bond acceptors (Lipinski definition) is 4. The lowest BCUT2D eigenvalue weighted by Crippen LogP contribution is -2.43. The molecule has 0 bridgehead atoms. The number of nitrogens with two attached hydrogens (primary N) is 1. The number of nitrogens with one attached hydrogen (secondary N) is 2. The highest BCUT2D eigenvalue weighted by Gasteiger charge is 2.16. The molecule has 1 aliphatic heterocycles. The van der Waals surface area contributed by atoms with Gasteiger partial charge in [0.2, 0.25) is 0 Å². The summed E-state index contributed by atoms with van der Waals surface area (Å²) in [5.74, 6) is 4.88. The third-order valence-corrected chi connectivity index (χ3v) is 1.85. The fraction of sp³-hybridized carbons (Fsp3) is 0.250. The molecular weight excluding hydrogens is 152 g/mol. The fourth-order valence-corrected chi connectivity index (χ4v) is 1.16. The highest BCUT2D eigenvalue weighted by Crippen LogP contribution is 2.17. The van der Waals surface area contributed by atoms with Crippen LogP contribution in [0.3, 0.4) is 0 Å². The van der Waals surface area contributed by atoms with E-state index in [0.29, 0.717) is 0 Å². The van der Waals surface area contributed by atoms with Gasteiger partial charge in [-0.3, -0.25) is 10.9 Å². The van der Waals surface area contributed by atoms with Gasteiger partial charge < -0.3 is 0 Å². The molecule has 0 spiro atoms. The van der Waals surface area contributed by atoms with E-state index in [4.69, 9.17) is 5.84 Å². The average molecular weight is 160 g/mol. The number of amides is 2. The summed E-state index contributed by atoms with van der Waals surface area (Å²) in [6.07, 6.45) is 0. The first kappa shape index (κ1) is 7.23. The van der Waals surface area contributed by atoms with Crippen LogP contribution >= 0.6 is 11.9 Å². The van der Waals surface area contributed by atoms with Crippen molar-refractivity contribution in [2.24, 2.45) is 5.84 Å². The van der Waals surface area contributed by atoms with Crippen LogP contribution in [-0.4, -0.2) is 10.4 Å². The smallest absolute Gasteiger partial charge is 0.288 e. The lowest BCUT2D eigenvalue weighted by atomic mass is 10.6. The summed E-state index contributed by atoms with van der Waals surface area (Å²) in [4.78, 5) is 10.7. The number of hydrogen-bond donors (Lipinski definition) is 3. The predicted octanol–water partition coefficient (Wildman–Crippen LogP) is -0.101. The maximum atomic E-state index is 10.7. The molecular formula is C4H8N4OS. The topological polar surface area (TPSA) is 70.4 Å². The van der Waals surface area contributed by atoms with Gasteiger partial charge >= 0.3 is 6.03 Å². The van der Waals surface area contributed by atoms with Crippen LogP contribution in [0.5, 0.6) is 0 Å². The molecule has 1 rings (SSSR count). The largest absolute Gasteiger partial charge is 0.361 e. The van der Waals surface area contributed by atoms with Crippen molar-refractivity contribution in [1.29, 1.82) is 0 Å². The van der Waals surface area contributed by atoms with E-state index in [1.807, 2.05) is 17.8 Å². The van der Waals surface area contributed by atoms with Crippen molar-refractivity contribution in [3.63, 3.8) is 0 Å². The van der Waals surface area contributed by atoms with Crippen molar-refractivity contribution >= 4 is 18.0 Å². The minimum absolute atomic E-state index is 0.363. The molecule has 2 amide bonds. The summed E-state index contributed by atoms with van der Waals surface area (Å²) >= 11 is 1.25. The Bertz CT molecular complexity index is 180. The van der Waals surface area contributed by atoms with Crippen LogP contribution in [0.4, 0.5) is 4.79 Å². The number of urea groups is 1. The molecule has 0 atom stereocenters. The second-order valence-electron chi connectivity index (χ2n) is 1.76. The molecule has 0 fully saturated rings. The van der Waals surface area contributed by atoms with E-state index in [-0.39, 0.29) is 6.03 Å². The third kappa shape index (κ3) is 1.34. The number of carbonyl (C=O) groups excluding carboxylic acids is 1. The number of rotatable bonds is 0. The minimum Gasteiger partial charge on any atom is -0.288 e. The monoisotopic (exact) mass is 160 g/mol. The number of allylic oxidation sites excluding steroid dienone is 1. The predicted molar refractivity (Wildman–Crippen MR) is 39.0 cm³/mol. The number of hydrazine groups is 2. The Morgan fingerprint density at radius 2 is 2.70 bits per heavy atom. The van der Waals surface area contributed by atoms with E-state index < -0.39 is 0 Å². The zero-order valence-corrected chi connectivity index (χ0v) is 6.23. The van der Waals surface area contributed by atoms with Gasteiger partial charge in [-0.2, -0.15) is 4.41 Å². The van der Waals surface area contributed by atoms with Crippen molar-refractivity contribution < 1.29 is 4.79 Å². The summed E-state index contributed by atoms with van der Waals surface area (Å²) in [5, 5.41) is 1.81. The SMILES string of the molecule is CC1=CSN(C(=O)NN)N1. The van der Waals surface area contributed by atoms with Gasteiger partial charge in [-0.25, -0.2) is 10.6 Å². The Morgan fingerprint density at radius 3 is 3.10 bits per heavy atom. The highest BCUT2D eigenvalue weighted by molar-refractivity contribution is 8.00. The summed E-state index contributed by atoms with van der Waals surface area (Å²) in [6, 6.07) is -0.363. The summed E-state index contributed by atoms with van der Waals surface area (Å²) in [6.45, 7) is 1.86. The molecule has 0 saturated heterocycles. The van der Waals surface area contributed by atoms with Gasteiger partial charge in [0.1, 0.15) is 0 Å². The molecule has 0 aromatic rings. The van der Waals surface area contributed by atoms with E-state index in [1.54, 1.807) is 0 Å². The number of carbonyl (C=O) groups is 1. The van der Waals surface area contributed by atoms with E-state index in [0.717, 1.165) is 5.70 Å². The maximum absolute atomic E-state index is 10.7. The van der Waals surface area contributed by atoms with Crippen molar-refractivity contribution in [2.75, 3.05) is 0 Å². The van der Waals surface area contributed by atoms with E-state index in [1.165, 1.54) is 16.4 Å². The second kappa shape index (κ2) is 2.80. The first-order chi connectivity index (χ1) is 4.74. The van der Waals surface area contributed by atoms with Crippen molar-refractivity contribution in [1.82, 2.24) is 15.3 Å². The van der Waals surface area contributed by atoms with Crippen molar-refractivity contribution in [3.8, 4) is 0 Å². The van der Waals surface area contributed by atoms with Gasteiger partial charge in [0.15, 0.2) is 0 Å². The first-order valence-corrected chi connectivity index (χ1v) is 3.48. The van der Waals surface area contributed by atoms with Crippen molar-refractivity contribution in [3.05, 3.63) is 11.1 Å². The molecule has 0 saturated carbocycles. The average Bonchev–Trinajstić information content (AvgIpc) is 2.34. The Balaban J connectivity index is 2.42. The van der Waals surface area contributed by atoms with Gasteiger partial charge in [-0.15, -0.1) is 0 Å². The molecule has 0 radical (unpaired) electrons. The first-order valence-electron chi connectivity index (χ1n) is 2.65. The Kier molecular flexibility index (Phi) is 2.03. The minimum atomic E-state index is -0.363. The zero-order chi connectivity index (χ0) is 7.56. The Hall–Kier alpha value is -0.880. The second-order valence-corrected chi connectivity index (χ2v) is 2.57. The lowest BCUT2D eigenvalue weighted by Gasteiger charge is -2.13. The van der Waals surface area contributed by atoms with Gasteiger partial charge in [0, 0.05) is 23.1 Å². The molecule has 0 unspecified atom stereocenters. The van der Waals surface area contributed by atoms with Gasteiger partial charge in [0.05, 0.1) is 0 Å². The fourth-order valence-electron chi connectivity index (χ4n) is 0.502. The summed E-state index contributed by atoms with van der Waals surface area (Å²) < 4.78 is 1.30. The highest BCUT2D eigenvalue weighted by atomic mass is 32.2. The quantitative estimate of drug-likeness (QED) is 0.200. The Morgan fingerprint density at radius 1 is 2.00 bits per heavy atom. The summed E-state index contributed by atoms with van der Waals surface area (Å²) in [5.41, 5.74) is 5.69. The van der Waals surface area contributed by atoms with Crippen LogP contribution in [0.1, 0.15) is 6.92 Å². The van der Waals surface area contributed by atoms with Crippen LogP contribution in [0.25, 0.3) is 0 Å². The van der Waals surface area contributed by atoms with E-state index >= 15 is 0 Å². The van der Waals surface area contributed by atoms with Crippen LogP contribution in [0, 0.1) is 0 Å². The van der Waals surface area contributed by atoms with Crippen LogP contribution < -0.4 is 16.7 Å². The molecule has 0 aromatic heterocycles. The molecule has 10 heavy (non-hydrogen) atoms. The van der Waals surface area contributed by atoms with Crippen molar-refractivity contribution in [2.45, 2.75) is 6.92 Å². The zero-order valence-electron chi connectivity index (χ0n) is 5.42. The van der Waals surface area contributed by atoms with E-state index in [9.17, 15) is 4.79 Å². The standard InChI is InChI=1S/C4H8N4OS/c1-3-2-10-8(7-3)4(9)6-5/h2,7H,5H2,1H3,(H,6,9). The number of nitrogens with zero attached hydrogens (tertiary/aromatic N) is 1. The van der Waals surface area contributed by atoms with Crippen LogP contribution in [0.15, 0.2) is 11.1 Å². The van der Waals surface area contributed by atoms with Gasteiger partial charge in [-0.05, 0) is 6.92 Å². The van der Waals surface area contributed by atoms with E-state index in [2.05, 4.69) is 5.43 Å². The molecule has 1 heterocycles. The lowest BCUT2D eigenvalue weighted by molar-refractivity contribution is 0.220. The summed E-state index contributed by atoms with van der Waals surface area (Å²) in [7, 11) is 0. The molecule has 0 aliphatic carbocycles. The molecule has 1 aliphatic rings. The third-order valence-electron chi connectivity index (χ3n) is 0.921. The van der Waals surface area contributed by atoms with Gasteiger partial charge in [-0.1, -0.05) is 0 Å². The molecule has 5 nitrogen and oxygen atoms in total. The maximum Gasteiger partial charge on any atom is 0.361 e. The Labute approximate surface area is 62.7 Å². The van der Waals surface area contributed by atoms with Crippen LogP contribution in [-0.2, 0) is 0 Å². The molecule has 6 heteroatoms. The normalized spacial score (nSPS) is 16.2. The molecule has 0 aromatic carbocycles. The molecule has 56 valence electrons. The molecule has 4 N–H and O–H groups in total.